The van der Waals surface area contributed by atoms with Crippen LogP contribution in [0.2, 0.25) is 0 Å². The van der Waals surface area contributed by atoms with Crippen LogP contribution in [0.25, 0.3) is 0 Å². The van der Waals surface area contributed by atoms with E-state index >= 15 is 0 Å². The van der Waals surface area contributed by atoms with Crippen LogP contribution >= 0.6 is 0 Å². The number of halogens is 1. The summed E-state index contributed by atoms with van der Waals surface area (Å²) in [4.78, 5) is 12.5. The van der Waals surface area contributed by atoms with Crippen LogP contribution in [0.15, 0.2) is 18.2 Å². The summed E-state index contributed by atoms with van der Waals surface area (Å²) in [6, 6.07) is 6.33. The molecule has 0 saturated heterocycles. The van der Waals surface area contributed by atoms with Gasteiger partial charge in [-0.15, -0.1) is 0 Å². The van der Waals surface area contributed by atoms with Gasteiger partial charge in [0.15, 0.2) is 11.6 Å². The van der Waals surface area contributed by atoms with Crippen LogP contribution in [0.4, 0.5) is 10.1 Å². The third-order valence-corrected chi connectivity index (χ3v) is 4.01. The van der Waals surface area contributed by atoms with Crippen molar-refractivity contribution in [3.05, 3.63) is 24.0 Å². The number of nitrogens with one attached hydrogen (secondary N) is 1. The van der Waals surface area contributed by atoms with Gasteiger partial charge in [-0.2, -0.15) is 5.26 Å². The zero-order valence-corrected chi connectivity index (χ0v) is 12.1. The topological polar surface area (TPSA) is 62.1 Å². The quantitative estimate of drug-likeness (QED) is 0.864. The molecule has 4 nitrogen and oxygen atoms in total. The Bertz CT molecular complexity index is 558. The van der Waals surface area contributed by atoms with Gasteiger partial charge in [-0.1, -0.05) is 25.7 Å². The monoisotopic (exact) mass is 290 g/mol. The van der Waals surface area contributed by atoms with E-state index in [9.17, 15) is 14.4 Å². The zero-order chi connectivity index (χ0) is 15.3. The molecule has 1 saturated carbocycles. The van der Waals surface area contributed by atoms with Crippen molar-refractivity contribution < 1.29 is 13.9 Å². The SMILES string of the molecule is COc1cc(NC(=O)C2(C#N)CCCCCC2)ccc1F. The highest BCUT2D eigenvalue weighted by Gasteiger charge is 2.38. The molecule has 2 rings (SSSR count). The molecule has 0 spiro atoms. The van der Waals surface area contributed by atoms with E-state index in [1.165, 1.54) is 25.3 Å². The summed E-state index contributed by atoms with van der Waals surface area (Å²) < 4.78 is 18.3. The van der Waals surface area contributed by atoms with Gasteiger partial charge < -0.3 is 10.1 Å². The number of methoxy groups -OCH3 is 1. The summed E-state index contributed by atoms with van der Waals surface area (Å²) in [5, 5.41) is 12.2. The number of anilines is 1. The number of carbonyl (C=O) groups is 1. The van der Waals surface area contributed by atoms with Crippen LogP contribution in [-0.4, -0.2) is 13.0 Å². The Balaban J connectivity index is 2.17. The van der Waals surface area contributed by atoms with Gasteiger partial charge in [-0.05, 0) is 25.0 Å². The molecule has 1 aliphatic rings. The average molecular weight is 290 g/mol. The molecule has 112 valence electrons. The van der Waals surface area contributed by atoms with Gasteiger partial charge in [0.1, 0.15) is 5.41 Å². The van der Waals surface area contributed by atoms with E-state index in [0.717, 1.165) is 25.7 Å². The van der Waals surface area contributed by atoms with Crippen LogP contribution in [0, 0.1) is 22.6 Å². The summed E-state index contributed by atoms with van der Waals surface area (Å²) in [5.74, 6) is -0.722. The summed E-state index contributed by atoms with van der Waals surface area (Å²) in [5.41, 5.74) is -0.532. The lowest BCUT2D eigenvalue weighted by molar-refractivity contribution is -0.123. The van der Waals surface area contributed by atoms with Crippen molar-refractivity contribution in [2.24, 2.45) is 5.41 Å². The Hall–Kier alpha value is -2.09. The van der Waals surface area contributed by atoms with Gasteiger partial charge in [-0.3, -0.25) is 4.79 Å². The second kappa shape index (κ2) is 6.57. The average Bonchev–Trinajstić information content (AvgIpc) is 2.75. The Morgan fingerprint density at radius 1 is 1.33 bits per heavy atom. The highest BCUT2D eigenvalue weighted by molar-refractivity contribution is 5.97. The number of hydrogen-bond donors (Lipinski definition) is 1. The lowest BCUT2D eigenvalue weighted by atomic mass is 9.81. The van der Waals surface area contributed by atoms with Crippen molar-refractivity contribution in [2.75, 3.05) is 12.4 Å². The van der Waals surface area contributed by atoms with E-state index < -0.39 is 11.2 Å². The number of benzene rings is 1. The van der Waals surface area contributed by atoms with Crippen LogP contribution in [0.5, 0.6) is 5.75 Å². The summed E-state index contributed by atoms with van der Waals surface area (Å²) >= 11 is 0. The number of hydrogen-bond acceptors (Lipinski definition) is 3. The first-order chi connectivity index (χ1) is 10.1. The molecule has 0 aliphatic heterocycles. The van der Waals surface area contributed by atoms with Crippen LogP contribution in [0.1, 0.15) is 38.5 Å². The maximum atomic E-state index is 13.4. The van der Waals surface area contributed by atoms with Crippen LogP contribution < -0.4 is 10.1 Å². The van der Waals surface area contributed by atoms with Gasteiger partial charge >= 0.3 is 0 Å². The van der Waals surface area contributed by atoms with Gasteiger partial charge in [0.05, 0.1) is 13.2 Å². The standard InChI is InChI=1S/C16H19FN2O2/c1-21-14-10-12(6-7-13(14)17)19-15(20)16(11-18)8-4-2-3-5-9-16/h6-7,10H,2-5,8-9H2,1H3,(H,19,20). The van der Waals surface area contributed by atoms with Gasteiger partial charge in [0.2, 0.25) is 5.91 Å². The van der Waals surface area contributed by atoms with E-state index in [2.05, 4.69) is 11.4 Å². The number of nitriles is 1. The number of amides is 1. The van der Waals surface area contributed by atoms with E-state index in [0.29, 0.717) is 18.5 Å². The van der Waals surface area contributed by atoms with E-state index in [4.69, 9.17) is 4.74 Å². The summed E-state index contributed by atoms with van der Waals surface area (Å²) in [7, 11) is 1.37. The largest absolute Gasteiger partial charge is 0.494 e. The first kappa shape index (κ1) is 15.3. The number of rotatable bonds is 3. The lowest BCUT2D eigenvalue weighted by Gasteiger charge is -2.23. The van der Waals surface area contributed by atoms with E-state index in [1.807, 2.05) is 0 Å². The molecule has 0 atom stereocenters. The Morgan fingerprint density at radius 2 is 2.00 bits per heavy atom. The second-order valence-electron chi connectivity index (χ2n) is 5.41. The molecule has 1 aliphatic carbocycles. The fourth-order valence-electron chi connectivity index (χ4n) is 2.71. The molecular formula is C16H19FN2O2. The molecular weight excluding hydrogens is 271 g/mol. The number of ether oxygens (including phenoxy) is 1. The molecule has 1 aromatic rings. The number of nitrogens with zero attached hydrogens (tertiary/aromatic N) is 1. The van der Waals surface area contributed by atoms with Crippen molar-refractivity contribution in [3.63, 3.8) is 0 Å². The highest BCUT2D eigenvalue weighted by Crippen LogP contribution is 2.36. The zero-order valence-electron chi connectivity index (χ0n) is 12.1. The molecule has 0 unspecified atom stereocenters. The van der Waals surface area contributed by atoms with Crippen molar-refractivity contribution in [1.29, 1.82) is 5.26 Å². The minimum Gasteiger partial charge on any atom is -0.494 e. The molecule has 0 radical (unpaired) electrons. The predicted molar refractivity (Wildman–Crippen MR) is 77.3 cm³/mol. The lowest BCUT2D eigenvalue weighted by Crippen LogP contribution is -2.34. The fraction of sp³-hybridized carbons (Fsp3) is 0.500. The van der Waals surface area contributed by atoms with Crippen molar-refractivity contribution in [2.45, 2.75) is 38.5 Å². The molecule has 0 bridgehead atoms. The predicted octanol–water partition coefficient (Wildman–Crippen LogP) is 3.64. The highest BCUT2D eigenvalue weighted by atomic mass is 19.1. The molecule has 21 heavy (non-hydrogen) atoms. The minimum absolute atomic E-state index is 0.0691. The molecule has 1 aromatic carbocycles. The Labute approximate surface area is 123 Å². The molecule has 0 heterocycles. The van der Waals surface area contributed by atoms with Crippen LogP contribution in [-0.2, 0) is 4.79 Å². The summed E-state index contributed by atoms with van der Waals surface area (Å²) in [6.07, 6.45) is 5.03. The van der Waals surface area contributed by atoms with Crippen molar-refractivity contribution >= 4 is 11.6 Å². The van der Waals surface area contributed by atoms with Crippen molar-refractivity contribution in [1.82, 2.24) is 0 Å². The first-order valence-electron chi connectivity index (χ1n) is 7.17. The maximum Gasteiger partial charge on any atom is 0.244 e. The maximum absolute atomic E-state index is 13.4. The third-order valence-electron chi connectivity index (χ3n) is 4.01. The Kier molecular flexibility index (Phi) is 4.79. The molecule has 1 N–H and O–H groups in total. The molecule has 1 fully saturated rings. The molecule has 1 amide bonds. The summed E-state index contributed by atoms with van der Waals surface area (Å²) in [6.45, 7) is 0. The van der Waals surface area contributed by atoms with Gasteiger partial charge in [0, 0.05) is 11.8 Å². The normalized spacial score (nSPS) is 17.4. The second-order valence-corrected chi connectivity index (χ2v) is 5.41. The smallest absolute Gasteiger partial charge is 0.244 e. The molecule has 0 aromatic heterocycles. The van der Waals surface area contributed by atoms with Crippen LogP contribution in [0.3, 0.4) is 0 Å². The van der Waals surface area contributed by atoms with Gasteiger partial charge in [0.25, 0.3) is 0 Å². The minimum atomic E-state index is -0.974. The van der Waals surface area contributed by atoms with Crippen molar-refractivity contribution in [3.8, 4) is 11.8 Å². The first-order valence-corrected chi connectivity index (χ1v) is 7.17. The fourth-order valence-corrected chi connectivity index (χ4v) is 2.71. The molecule has 5 heteroatoms. The Morgan fingerprint density at radius 3 is 2.57 bits per heavy atom. The third kappa shape index (κ3) is 3.33. The van der Waals surface area contributed by atoms with E-state index in [-0.39, 0.29) is 11.7 Å². The van der Waals surface area contributed by atoms with Gasteiger partial charge in [-0.25, -0.2) is 4.39 Å². The number of carbonyl (C=O) groups excluding carboxylic acids is 1. The van der Waals surface area contributed by atoms with E-state index in [1.54, 1.807) is 0 Å².